The van der Waals surface area contributed by atoms with Gasteiger partial charge in [-0.15, -0.1) is 0 Å². The highest BCUT2D eigenvalue weighted by atomic mass is 16.5. The molecule has 2 aromatic carbocycles. The second-order valence-corrected chi connectivity index (χ2v) is 4.67. The van der Waals surface area contributed by atoms with Crippen molar-refractivity contribution in [2.24, 2.45) is 0 Å². The van der Waals surface area contributed by atoms with Gasteiger partial charge in [0.1, 0.15) is 5.75 Å². The van der Waals surface area contributed by atoms with Gasteiger partial charge in [0.15, 0.2) is 0 Å². The maximum absolute atomic E-state index is 11.4. The molecule has 0 atom stereocenters. The van der Waals surface area contributed by atoms with Gasteiger partial charge < -0.3 is 9.47 Å². The summed E-state index contributed by atoms with van der Waals surface area (Å²) in [6, 6.07) is 13.3. The van der Waals surface area contributed by atoms with Gasteiger partial charge in [0.05, 0.1) is 19.8 Å². The summed E-state index contributed by atoms with van der Waals surface area (Å²) >= 11 is 0. The van der Waals surface area contributed by atoms with Crippen molar-refractivity contribution in [2.45, 2.75) is 6.92 Å². The van der Waals surface area contributed by atoms with Crippen molar-refractivity contribution in [3.05, 3.63) is 64.7 Å². The third kappa shape index (κ3) is 3.72. The molecule has 0 fully saturated rings. The fraction of sp³-hybridized carbons (Fsp3) is 0.167. The first kappa shape index (κ1) is 14.9. The van der Waals surface area contributed by atoms with Gasteiger partial charge >= 0.3 is 5.97 Å². The molecule has 2 rings (SSSR count). The third-order valence-corrected chi connectivity index (χ3v) is 3.26. The Balaban J connectivity index is 2.16. The van der Waals surface area contributed by atoms with Crippen molar-refractivity contribution < 1.29 is 14.3 Å². The second-order valence-electron chi connectivity index (χ2n) is 4.67. The summed E-state index contributed by atoms with van der Waals surface area (Å²) in [6.07, 6.45) is 4.05. The summed E-state index contributed by atoms with van der Waals surface area (Å²) in [4.78, 5) is 11.4. The van der Waals surface area contributed by atoms with Crippen molar-refractivity contribution in [2.75, 3.05) is 14.2 Å². The SMILES string of the molecule is COC(=O)c1ccc(/C=C/c2ccc(OC)cc2C)cc1. The zero-order valence-corrected chi connectivity index (χ0v) is 12.4. The summed E-state index contributed by atoms with van der Waals surface area (Å²) in [7, 11) is 3.04. The molecule has 108 valence electrons. The molecule has 0 N–H and O–H groups in total. The minimum Gasteiger partial charge on any atom is -0.497 e. The van der Waals surface area contributed by atoms with E-state index in [9.17, 15) is 4.79 Å². The van der Waals surface area contributed by atoms with Crippen molar-refractivity contribution >= 4 is 18.1 Å². The topological polar surface area (TPSA) is 35.5 Å². The molecule has 0 bridgehead atoms. The van der Waals surface area contributed by atoms with Crippen LogP contribution in [0.25, 0.3) is 12.2 Å². The first-order valence-corrected chi connectivity index (χ1v) is 6.65. The fourth-order valence-corrected chi connectivity index (χ4v) is 2.00. The minimum atomic E-state index is -0.323. The molecule has 0 saturated heterocycles. The number of benzene rings is 2. The Morgan fingerprint density at radius 1 is 1.00 bits per heavy atom. The van der Waals surface area contributed by atoms with Crippen LogP contribution in [0.15, 0.2) is 42.5 Å². The zero-order valence-electron chi connectivity index (χ0n) is 12.4. The lowest BCUT2D eigenvalue weighted by molar-refractivity contribution is 0.0600. The molecule has 2 aromatic rings. The van der Waals surface area contributed by atoms with Crippen molar-refractivity contribution in [3.8, 4) is 5.75 Å². The van der Waals surface area contributed by atoms with Crippen LogP contribution in [0.3, 0.4) is 0 Å². The van der Waals surface area contributed by atoms with E-state index in [1.54, 1.807) is 19.2 Å². The van der Waals surface area contributed by atoms with Gasteiger partial charge in [-0.05, 0) is 47.9 Å². The van der Waals surface area contributed by atoms with Crippen molar-refractivity contribution in [1.82, 2.24) is 0 Å². The zero-order chi connectivity index (χ0) is 15.2. The average molecular weight is 282 g/mol. The van der Waals surface area contributed by atoms with Crippen LogP contribution in [0.2, 0.25) is 0 Å². The van der Waals surface area contributed by atoms with E-state index >= 15 is 0 Å². The van der Waals surface area contributed by atoms with Crippen LogP contribution in [0.1, 0.15) is 27.0 Å². The number of carbonyl (C=O) groups is 1. The monoisotopic (exact) mass is 282 g/mol. The van der Waals surface area contributed by atoms with Gasteiger partial charge in [0.2, 0.25) is 0 Å². The molecular formula is C18H18O3. The van der Waals surface area contributed by atoms with Crippen molar-refractivity contribution in [1.29, 1.82) is 0 Å². The second kappa shape index (κ2) is 6.75. The van der Waals surface area contributed by atoms with Gasteiger partial charge in [0, 0.05) is 0 Å². The first-order valence-electron chi connectivity index (χ1n) is 6.65. The number of hydrogen-bond acceptors (Lipinski definition) is 3. The molecule has 0 aromatic heterocycles. The molecule has 0 unspecified atom stereocenters. The van der Waals surface area contributed by atoms with E-state index in [1.165, 1.54) is 7.11 Å². The third-order valence-electron chi connectivity index (χ3n) is 3.26. The summed E-state index contributed by atoms with van der Waals surface area (Å²) in [5.41, 5.74) is 3.86. The number of ether oxygens (including phenoxy) is 2. The van der Waals surface area contributed by atoms with E-state index in [0.29, 0.717) is 5.56 Å². The predicted molar refractivity (Wildman–Crippen MR) is 84.4 cm³/mol. The maximum atomic E-state index is 11.4. The molecule has 0 aliphatic rings. The van der Waals surface area contributed by atoms with Crippen LogP contribution < -0.4 is 4.74 Å². The Hall–Kier alpha value is -2.55. The lowest BCUT2D eigenvalue weighted by Crippen LogP contribution is -2.00. The molecule has 0 spiro atoms. The normalized spacial score (nSPS) is 10.6. The van der Waals surface area contributed by atoms with E-state index in [4.69, 9.17) is 4.74 Å². The van der Waals surface area contributed by atoms with Crippen LogP contribution in [-0.4, -0.2) is 20.2 Å². The van der Waals surface area contributed by atoms with Gasteiger partial charge in [-0.25, -0.2) is 4.79 Å². The Morgan fingerprint density at radius 3 is 2.29 bits per heavy atom. The van der Waals surface area contributed by atoms with Crippen LogP contribution in [0.5, 0.6) is 5.75 Å². The largest absolute Gasteiger partial charge is 0.497 e. The minimum absolute atomic E-state index is 0.323. The summed E-state index contributed by atoms with van der Waals surface area (Å²) < 4.78 is 9.87. The molecule has 0 amide bonds. The molecule has 0 aliphatic carbocycles. The number of rotatable bonds is 4. The first-order chi connectivity index (χ1) is 10.1. The number of carbonyl (C=O) groups excluding carboxylic acids is 1. The summed E-state index contributed by atoms with van der Waals surface area (Å²) in [5.74, 6) is 0.531. The Morgan fingerprint density at radius 2 is 1.71 bits per heavy atom. The van der Waals surface area contributed by atoms with Gasteiger partial charge in [-0.1, -0.05) is 30.4 Å². The fourth-order valence-electron chi connectivity index (χ4n) is 2.00. The van der Waals surface area contributed by atoms with E-state index in [1.807, 2.05) is 49.4 Å². The molecule has 3 heteroatoms. The lowest BCUT2D eigenvalue weighted by atomic mass is 10.1. The maximum Gasteiger partial charge on any atom is 0.337 e. The van der Waals surface area contributed by atoms with Gasteiger partial charge in [0.25, 0.3) is 0 Å². The Labute approximate surface area is 124 Å². The van der Waals surface area contributed by atoms with Crippen LogP contribution >= 0.6 is 0 Å². The molecule has 0 saturated carbocycles. The number of methoxy groups -OCH3 is 2. The van der Waals surface area contributed by atoms with Crippen LogP contribution in [0.4, 0.5) is 0 Å². The highest BCUT2D eigenvalue weighted by Gasteiger charge is 2.03. The summed E-state index contributed by atoms with van der Waals surface area (Å²) in [6.45, 7) is 2.04. The highest BCUT2D eigenvalue weighted by molar-refractivity contribution is 5.89. The quantitative estimate of drug-likeness (QED) is 0.629. The molecular weight excluding hydrogens is 264 g/mol. The van der Waals surface area contributed by atoms with Gasteiger partial charge in [-0.2, -0.15) is 0 Å². The van der Waals surface area contributed by atoms with Gasteiger partial charge in [-0.3, -0.25) is 0 Å². The molecule has 0 aliphatic heterocycles. The van der Waals surface area contributed by atoms with E-state index in [0.717, 1.165) is 22.4 Å². The van der Waals surface area contributed by atoms with E-state index in [-0.39, 0.29) is 5.97 Å². The Kier molecular flexibility index (Phi) is 4.77. The average Bonchev–Trinajstić information content (AvgIpc) is 2.53. The Bertz CT molecular complexity index is 655. The van der Waals surface area contributed by atoms with E-state index in [2.05, 4.69) is 4.74 Å². The lowest BCUT2D eigenvalue weighted by Gasteiger charge is -2.04. The standard InChI is InChI=1S/C18H18O3/c1-13-12-17(20-2)11-10-15(13)7-4-14-5-8-16(9-6-14)18(19)21-3/h4-12H,1-3H3/b7-4+. The van der Waals surface area contributed by atoms with Crippen molar-refractivity contribution in [3.63, 3.8) is 0 Å². The van der Waals surface area contributed by atoms with Crippen LogP contribution in [-0.2, 0) is 4.74 Å². The predicted octanol–water partition coefficient (Wildman–Crippen LogP) is 3.96. The highest BCUT2D eigenvalue weighted by Crippen LogP contribution is 2.19. The van der Waals surface area contributed by atoms with Crippen LogP contribution in [0, 0.1) is 6.92 Å². The number of aryl methyl sites for hydroxylation is 1. The smallest absolute Gasteiger partial charge is 0.337 e. The number of hydrogen-bond donors (Lipinski definition) is 0. The summed E-state index contributed by atoms with van der Waals surface area (Å²) in [5, 5.41) is 0. The molecule has 0 radical (unpaired) electrons. The molecule has 0 heterocycles. The molecule has 21 heavy (non-hydrogen) atoms. The van der Waals surface area contributed by atoms with E-state index < -0.39 is 0 Å². The number of esters is 1. The molecule has 3 nitrogen and oxygen atoms in total.